The van der Waals surface area contributed by atoms with Gasteiger partial charge in [0.25, 0.3) is 5.91 Å². The molecule has 3 rings (SSSR count). The predicted octanol–water partition coefficient (Wildman–Crippen LogP) is 1.90. The van der Waals surface area contributed by atoms with Gasteiger partial charge in [0, 0.05) is 18.8 Å². The van der Waals surface area contributed by atoms with Crippen molar-refractivity contribution in [3.63, 3.8) is 0 Å². The van der Waals surface area contributed by atoms with Gasteiger partial charge in [-0.25, -0.2) is 9.07 Å². The summed E-state index contributed by atoms with van der Waals surface area (Å²) in [6.45, 7) is 0.465. The molecule has 22 heavy (non-hydrogen) atoms. The molecule has 1 amide bonds. The van der Waals surface area contributed by atoms with Crippen molar-refractivity contribution >= 4 is 18.3 Å². The fourth-order valence-electron chi connectivity index (χ4n) is 2.17. The summed E-state index contributed by atoms with van der Waals surface area (Å²) in [6, 6.07) is 7.56. The predicted molar refractivity (Wildman–Crippen MR) is 83.8 cm³/mol. The Morgan fingerprint density at radius 3 is 2.68 bits per heavy atom. The number of carbonyl (C=O) groups excluding carboxylic acids is 1. The first-order valence-corrected chi connectivity index (χ1v) is 6.99. The molecule has 0 spiro atoms. The molecular weight excluding hydrogens is 307 g/mol. The molecule has 1 saturated carbocycles. The van der Waals surface area contributed by atoms with Crippen LogP contribution in [0.5, 0.6) is 0 Å². The van der Waals surface area contributed by atoms with E-state index in [2.05, 4.69) is 10.4 Å². The normalized spacial score (nSPS) is 15.0. The molecule has 1 atom stereocenters. The molecule has 1 aromatic carbocycles. The highest BCUT2D eigenvalue weighted by Gasteiger charge is 2.28. The molecule has 1 aliphatic rings. The van der Waals surface area contributed by atoms with Gasteiger partial charge in [-0.1, -0.05) is 0 Å². The van der Waals surface area contributed by atoms with E-state index in [9.17, 15) is 9.18 Å². The summed E-state index contributed by atoms with van der Waals surface area (Å²) < 4.78 is 14.4. The lowest BCUT2D eigenvalue weighted by Gasteiger charge is -2.10. The van der Waals surface area contributed by atoms with E-state index in [-0.39, 0.29) is 30.2 Å². The highest BCUT2D eigenvalue weighted by molar-refractivity contribution is 5.92. The summed E-state index contributed by atoms with van der Waals surface area (Å²) in [7, 11) is 0. The monoisotopic (exact) mass is 324 g/mol. The lowest BCUT2D eigenvalue weighted by Crippen LogP contribution is -2.38. The van der Waals surface area contributed by atoms with Crippen LogP contribution in [0.2, 0.25) is 0 Å². The van der Waals surface area contributed by atoms with Crippen LogP contribution in [0.4, 0.5) is 4.39 Å². The summed E-state index contributed by atoms with van der Waals surface area (Å²) in [4.78, 5) is 12.0. The lowest BCUT2D eigenvalue weighted by atomic mass is 10.2. The highest BCUT2D eigenvalue weighted by Crippen LogP contribution is 2.31. The quantitative estimate of drug-likeness (QED) is 0.882. The van der Waals surface area contributed by atoms with Crippen LogP contribution in [-0.2, 0) is 0 Å². The number of rotatable bonds is 5. The van der Waals surface area contributed by atoms with E-state index in [0.717, 1.165) is 12.8 Å². The van der Waals surface area contributed by atoms with Gasteiger partial charge in [0.2, 0.25) is 0 Å². The Hall–Kier alpha value is -1.92. The van der Waals surface area contributed by atoms with Crippen molar-refractivity contribution in [3.05, 3.63) is 48.0 Å². The van der Waals surface area contributed by atoms with Gasteiger partial charge >= 0.3 is 0 Å². The zero-order chi connectivity index (χ0) is 14.8. The SMILES string of the molecule is Cl.NC(CNC(=O)c1ccn(-c2ccc(F)cc2)n1)C1CC1. The fraction of sp³-hybridized carbons (Fsp3) is 0.333. The molecule has 0 saturated heterocycles. The summed E-state index contributed by atoms with van der Waals surface area (Å²) in [5, 5.41) is 6.98. The Kier molecular flexibility index (Phi) is 5.15. The molecule has 0 aliphatic heterocycles. The molecule has 1 fully saturated rings. The molecule has 1 heterocycles. The number of halogens is 2. The van der Waals surface area contributed by atoms with E-state index in [1.54, 1.807) is 24.4 Å². The maximum absolute atomic E-state index is 12.9. The van der Waals surface area contributed by atoms with Crippen molar-refractivity contribution in [2.24, 2.45) is 11.7 Å². The second-order valence-electron chi connectivity index (χ2n) is 5.33. The minimum absolute atomic E-state index is 0. The number of hydrogen-bond donors (Lipinski definition) is 2. The maximum Gasteiger partial charge on any atom is 0.271 e. The number of amides is 1. The number of benzene rings is 1. The van der Waals surface area contributed by atoms with Gasteiger partial charge in [0.15, 0.2) is 5.69 Å². The Morgan fingerprint density at radius 1 is 1.36 bits per heavy atom. The average Bonchev–Trinajstić information content (AvgIpc) is 3.23. The number of hydrogen-bond acceptors (Lipinski definition) is 3. The van der Waals surface area contributed by atoms with Gasteiger partial charge in [-0.2, -0.15) is 5.10 Å². The van der Waals surface area contributed by atoms with E-state index >= 15 is 0 Å². The van der Waals surface area contributed by atoms with E-state index in [0.29, 0.717) is 23.8 Å². The van der Waals surface area contributed by atoms with Crippen molar-refractivity contribution in [1.29, 1.82) is 0 Å². The van der Waals surface area contributed by atoms with Gasteiger partial charge in [-0.3, -0.25) is 4.79 Å². The van der Waals surface area contributed by atoms with Crippen LogP contribution >= 0.6 is 12.4 Å². The van der Waals surface area contributed by atoms with Crippen LogP contribution in [-0.4, -0.2) is 28.3 Å². The third kappa shape index (κ3) is 3.84. The van der Waals surface area contributed by atoms with Crippen LogP contribution in [0.15, 0.2) is 36.5 Å². The number of nitrogens with zero attached hydrogens (tertiary/aromatic N) is 2. The van der Waals surface area contributed by atoms with Crippen LogP contribution in [0, 0.1) is 11.7 Å². The van der Waals surface area contributed by atoms with Crippen LogP contribution in [0.25, 0.3) is 5.69 Å². The number of nitrogens with two attached hydrogens (primary N) is 1. The minimum Gasteiger partial charge on any atom is -0.349 e. The molecule has 118 valence electrons. The second-order valence-corrected chi connectivity index (χ2v) is 5.33. The standard InChI is InChI=1S/C15H17FN4O.ClH/c16-11-3-5-12(6-4-11)20-8-7-14(19-20)15(21)18-9-13(17)10-1-2-10;/h3-8,10,13H,1-2,9,17H2,(H,18,21);1H. The first kappa shape index (κ1) is 16.5. The molecule has 5 nitrogen and oxygen atoms in total. The molecule has 1 unspecified atom stereocenters. The molecular formula is C15H18ClFN4O. The van der Waals surface area contributed by atoms with Crippen molar-refractivity contribution in [2.75, 3.05) is 6.54 Å². The molecule has 0 radical (unpaired) electrons. The van der Waals surface area contributed by atoms with Gasteiger partial charge in [-0.15, -0.1) is 12.4 Å². The van der Waals surface area contributed by atoms with Crippen LogP contribution < -0.4 is 11.1 Å². The Morgan fingerprint density at radius 2 is 2.05 bits per heavy atom. The Bertz CT molecular complexity index is 639. The minimum atomic E-state index is -0.307. The number of aromatic nitrogens is 2. The van der Waals surface area contributed by atoms with Gasteiger partial charge in [-0.05, 0) is 49.1 Å². The summed E-state index contributed by atoms with van der Waals surface area (Å²) in [5.41, 5.74) is 6.96. The van der Waals surface area contributed by atoms with Gasteiger partial charge in [0.05, 0.1) is 5.69 Å². The maximum atomic E-state index is 12.9. The summed E-state index contributed by atoms with van der Waals surface area (Å²) in [6.07, 6.45) is 3.97. The second kappa shape index (κ2) is 6.89. The highest BCUT2D eigenvalue weighted by atomic mass is 35.5. The first-order valence-electron chi connectivity index (χ1n) is 6.99. The van der Waals surface area contributed by atoms with E-state index in [4.69, 9.17) is 5.73 Å². The third-order valence-corrected chi connectivity index (χ3v) is 3.64. The van der Waals surface area contributed by atoms with Gasteiger partial charge < -0.3 is 11.1 Å². The molecule has 7 heteroatoms. The van der Waals surface area contributed by atoms with Crippen molar-refractivity contribution in [3.8, 4) is 5.69 Å². The first-order chi connectivity index (χ1) is 10.1. The topological polar surface area (TPSA) is 72.9 Å². The zero-order valence-corrected chi connectivity index (χ0v) is 12.7. The number of carbonyl (C=O) groups is 1. The Labute approximate surface area is 134 Å². The smallest absolute Gasteiger partial charge is 0.271 e. The molecule has 3 N–H and O–H groups in total. The van der Waals surface area contributed by atoms with E-state index in [1.807, 2.05) is 0 Å². The fourth-order valence-corrected chi connectivity index (χ4v) is 2.17. The molecule has 1 aromatic heterocycles. The Balaban J connectivity index is 0.00000176. The van der Waals surface area contributed by atoms with E-state index in [1.165, 1.54) is 16.8 Å². The summed E-state index contributed by atoms with van der Waals surface area (Å²) in [5.74, 6) is -0.00743. The van der Waals surface area contributed by atoms with Crippen LogP contribution in [0.3, 0.4) is 0 Å². The molecule has 1 aliphatic carbocycles. The van der Waals surface area contributed by atoms with Crippen molar-refractivity contribution < 1.29 is 9.18 Å². The van der Waals surface area contributed by atoms with Gasteiger partial charge in [0.1, 0.15) is 5.82 Å². The van der Waals surface area contributed by atoms with Crippen LogP contribution in [0.1, 0.15) is 23.3 Å². The largest absolute Gasteiger partial charge is 0.349 e. The van der Waals surface area contributed by atoms with Crippen molar-refractivity contribution in [1.82, 2.24) is 15.1 Å². The molecule has 0 bridgehead atoms. The average molecular weight is 325 g/mol. The van der Waals surface area contributed by atoms with Crippen molar-refractivity contribution in [2.45, 2.75) is 18.9 Å². The van der Waals surface area contributed by atoms with E-state index < -0.39 is 0 Å². The lowest BCUT2D eigenvalue weighted by molar-refractivity contribution is 0.0945. The number of nitrogens with one attached hydrogen (secondary N) is 1. The molecule has 2 aromatic rings. The summed E-state index contributed by atoms with van der Waals surface area (Å²) >= 11 is 0. The zero-order valence-electron chi connectivity index (χ0n) is 11.9. The third-order valence-electron chi connectivity index (χ3n) is 3.64.